The summed E-state index contributed by atoms with van der Waals surface area (Å²) in [6.07, 6.45) is 1.48. The van der Waals surface area contributed by atoms with Crippen LogP contribution in [0.3, 0.4) is 0 Å². The Morgan fingerprint density at radius 1 is 1.38 bits per heavy atom. The van der Waals surface area contributed by atoms with Crippen molar-refractivity contribution in [1.29, 1.82) is 0 Å². The molecule has 0 amide bonds. The lowest BCUT2D eigenvalue weighted by Gasteiger charge is -2.20. The Kier molecular flexibility index (Phi) is 4.93. The summed E-state index contributed by atoms with van der Waals surface area (Å²) in [5.41, 5.74) is 1.82. The number of non-ortho nitro benzene ring substituents is 1. The van der Waals surface area contributed by atoms with E-state index in [-0.39, 0.29) is 25.7 Å². The van der Waals surface area contributed by atoms with Gasteiger partial charge in [-0.15, -0.1) is 0 Å². The SMILES string of the molecule is O=[N+]([O-])c1cc2c(c(CON=Cc3ccccc3Cl)c1)OCOC2. The normalized spacial score (nSPS) is 13.4. The highest BCUT2D eigenvalue weighted by Gasteiger charge is 2.21. The number of fused-ring (bicyclic) bond motifs is 1. The highest BCUT2D eigenvalue weighted by atomic mass is 35.5. The molecule has 0 atom stereocenters. The summed E-state index contributed by atoms with van der Waals surface area (Å²) in [5, 5.41) is 15.4. The van der Waals surface area contributed by atoms with Gasteiger partial charge in [0.15, 0.2) is 6.79 Å². The Hall–Kier alpha value is -2.64. The third-order valence-electron chi connectivity index (χ3n) is 3.37. The molecule has 1 heterocycles. The van der Waals surface area contributed by atoms with Gasteiger partial charge in [-0.1, -0.05) is 35.0 Å². The van der Waals surface area contributed by atoms with Crippen molar-refractivity contribution < 1.29 is 19.2 Å². The third kappa shape index (κ3) is 3.64. The van der Waals surface area contributed by atoms with Crippen molar-refractivity contribution >= 4 is 23.5 Å². The summed E-state index contributed by atoms with van der Waals surface area (Å²) in [6, 6.07) is 10.0. The smallest absolute Gasteiger partial charge is 0.270 e. The molecule has 0 saturated heterocycles. The highest BCUT2D eigenvalue weighted by Crippen LogP contribution is 2.33. The van der Waals surface area contributed by atoms with E-state index in [0.29, 0.717) is 27.5 Å². The van der Waals surface area contributed by atoms with Crippen LogP contribution in [0.15, 0.2) is 41.6 Å². The molecular weight excluding hydrogens is 336 g/mol. The second-order valence-electron chi connectivity index (χ2n) is 4.99. The topological polar surface area (TPSA) is 83.2 Å². The van der Waals surface area contributed by atoms with Gasteiger partial charge >= 0.3 is 0 Å². The van der Waals surface area contributed by atoms with Crippen LogP contribution >= 0.6 is 11.6 Å². The minimum atomic E-state index is -0.467. The molecule has 0 N–H and O–H groups in total. The Balaban J connectivity index is 1.76. The van der Waals surface area contributed by atoms with E-state index in [2.05, 4.69) is 5.16 Å². The Bertz CT molecular complexity index is 794. The van der Waals surface area contributed by atoms with Crippen LogP contribution in [0.5, 0.6) is 5.75 Å². The van der Waals surface area contributed by atoms with E-state index in [1.54, 1.807) is 12.1 Å². The largest absolute Gasteiger partial charge is 0.467 e. The van der Waals surface area contributed by atoms with Gasteiger partial charge in [0, 0.05) is 33.8 Å². The number of hydrogen-bond acceptors (Lipinski definition) is 6. The Morgan fingerprint density at radius 2 is 2.21 bits per heavy atom. The number of rotatable bonds is 5. The fourth-order valence-electron chi connectivity index (χ4n) is 2.27. The number of hydrogen-bond donors (Lipinski definition) is 0. The Labute approximate surface area is 142 Å². The minimum absolute atomic E-state index is 0.0327. The maximum Gasteiger partial charge on any atom is 0.270 e. The summed E-state index contributed by atoms with van der Waals surface area (Å²) < 4.78 is 10.6. The molecule has 0 spiro atoms. The van der Waals surface area contributed by atoms with Crippen LogP contribution in [0.1, 0.15) is 16.7 Å². The zero-order valence-electron chi connectivity index (χ0n) is 12.5. The molecule has 7 nitrogen and oxygen atoms in total. The zero-order valence-corrected chi connectivity index (χ0v) is 13.2. The molecule has 1 aliphatic rings. The van der Waals surface area contributed by atoms with E-state index in [1.807, 2.05) is 12.1 Å². The number of nitro groups is 1. The van der Waals surface area contributed by atoms with Gasteiger partial charge in [-0.3, -0.25) is 10.1 Å². The molecule has 0 saturated carbocycles. The minimum Gasteiger partial charge on any atom is -0.467 e. The van der Waals surface area contributed by atoms with Crippen molar-refractivity contribution in [2.24, 2.45) is 5.16 Å². The van der Waals surface area contributed by atoms with Crippen molar-refractivity contribution in [1.82, 2.24) is 0 Å². The standard InChI is InChI=1S/C16H13ClN2O5/c17-15-4-2-1-3-11(15)7-18-24-9-13-6-14(19(20)21)5-12-8-22-10-23-16(12)13/h1-7H,8-10H2. The highest BCUT2D eigenvalue weighted by molar-refractivity contribution is 6.33. The molecule has 124 valence electrons. The summed E-state index contributed by atoms with van der Waals surface area (Å²) >= 11 is 6.01. The van der Waals surface area contributed by atoms with E-state index in [9.17, 15) is 10.1 Å². The lowest BCUT2D eigenvalue weighted by molar-refractivity contribution is -0.385. The fourth-order valence-corrected chi connectivity index (χ4v) is 2.46. The van der Waals surface area contributed by atoms with E-state index in [0.717, 1.165) is 0 Å². The monoisotopic (exact) mass is 348 g/mol. The van der Waals surface area contributed by atoms with E-state index >= 15 is 0 Å². The molecule has 0 aromatic heterocycles. The van der Waals surface area contributed by atoms with Crippen LogP contribution in [-0.2, 0) is 22.8 Å². The first-order valence-electron chi connectivity index (χ1n) is 7.06. The van der Waals surface area contributed by atoms with Gasteiger partial charge in [0.1, 0.15) is 12.4 Å². The summed E-state index contributed by atoms with van der Waals surface area (Å²) in [5.74, 6) is 0.541. The molecule has 8 heteroatoms. The summed E-state index contributed by atoms with van der Waals surface area (Å²) in [4.78, 5) is 15.8. The van der Waals surface area contributed by atoms with E-state index < -0.39 is 4.92 Å². The quantitative estimate of drug-likeness (QED) is 0.467. The van der Waals surface area contributed by atoms with Crippen molar-refractivity contribution in [2.75, 3.05) is 6.79 Å². The van der Waals surface area contributed by atoms with Crippen molar-refractivity contribution in [3.63, 3.8) is 0 Å². The molecule has 1 aliphatic heterocycles. The first kappa shape index (κ1) is 16.2. The van der Waals surface area contributed by atoms with Crippen LogP contribution in [0, 0.1) is 10.1 Å². The molecule has 3 rings (SSSR count). The average Bonchev–Trinajstić information content (AvgIpc) is 2.59. The predicted octanol–water partition coefficient (Wildman–Crippen LogP) is 3.67. The Morgan fingerprint density at radius 3 is 3.00 bits per heavy atom. The maximum absolute atomic E-state index is 11.0. The van der Waals surface area contributed by atoms with E-state index in [1.165, 1.54) is 18.3 Å². The molecular formula is C16H13ClN2O5. The summed E-state index contributed by atoms with van der Waals surface area (Å²) in [7, 11) is 0. The second kappa shape index (κ2) is 7.29. The first-order valence-corrected chi connectivity index (χ1v) is 7.43. The molecule has 24 heavy (non-hydrogen) atoms. The number of ether oxygens (including phenoxy) is 2. The third-order valence-corrected chi connectivity index (χ3v) is 3.72. The molecule has 0 fully saturated rings. The van der Waals surface area contributed by atoms with Crippen molar-refractivity contribution in [2.45, 2.75) is 13.2 Å². The predicted molar refractivity (Wildman–Crippen MR) is 87.2 cm³/mol. The van der Waals surface area contributed by atoms with E-state index in [4.69, 9.17) is 25.9 Å². The van der Waals surface area contributed by atoms with Crippen LogP contribution in [0.4, 0.5) is 5.69 Å². The molecule has 2 aromatic rings. The lowest BCUT2D eigenvalue weighted by Crippen LogP contribution is -2.14. The van der Waals surface area contributed by atoms with Crippen LogP contribution in [0.2, 0.25) is 5.02 Å². The van der Waals surface area contributed by atoms with Gasteiger partial charge in [-0.25, -0.2) is 0 Å². The van der Waals surface area contributed by atoms with Gasteiger partial charge in [0.05, 0.1) is 17.7 Å². The van der Waals surface area contributed by atoms with Crippen LogP contribution in [-0.4, -0.2) is 17.9 Å². The number of nitrogens with zero attached hydrogens (tertiary/aromatic N) is 2. The van der Waals surface area contributed by atoms with Gasteiger partial charge in [0.25, 0.3) is 5.69 Å². The molecule has 0 aliphatic carbocycles. The van der Waals surface area contributed by atoms with Gasteiger partial charge in [-0.05, 0) is 6.07 Å². The van der Waals surface area contributed by atoms with Crippen molar-refractivity contribution in [3.8, 4) is 5.75 Å². The zero-order chi connectivity index (χ0) is 16.9. The molecule has 0 radical (unpaired) electrons. The van der Waals surface area contributed by atoms with Gasteiger partial charge in [-0.2, -0.15) is 0 Å². The van der Waals surface area contributed by atoms with Gasteiger partial charge < -0.3 is 14.3 Å². The fraction of sp³-hybridized carbons (Fsp3) is 0.188. The number of benzene rings is 2. The first-order chi connectivity index (χ1) is 11.6. The molecule has 2 aromatic carbocycles. The number of halogens is 1. The molecule has 0 bridgehead atoms. The number of oxime groups is 1. The maximum atomic E-state index is 11.0. The molecule has 0 unspecified atom stereocenters. The van der Waals surface area contributed by atoms with Crippen LogP contribution in [0.25, 0.3) is 0 Å². The van der Waals surface area contributed by atoms with Crippen molar-refractivity contribution in [3.05, 3.63) is 68.2 Å². The lowest BCUT2D eigenvalue weighted by atomic mass is 10.1. The van der Waals surface area contributed by atoms with Gasteiger partial charge in [0.2, 0.25) is 0 Å². The second-order valence-corrected chi connectivity index (χ2v) is 5.40. The summed E-state index contributed by atoms with van der Waals surface area (Å²) in [6.45, 7) is 0.387. The number of nitro benzene ring substituents is 1. The average molecular weight is 349 g/mol. The van der Waals surface area contributed by atoms with Crippen LogP contribution < -0.4 is 4.74 Å².